The van der Waals surface area contributed by atoms with Gasteiger partial charge in [0.1, 0.15) is 5.75 Å². The number of aromatic nitrogens is 1. The van der Waals surface area contributed by atoms with Gasteiger partial charge in [-0.15, -0.1) is 0 Å². The highest BCUT2D eigenvalue weighted by atomic mass is 19.4. The predicted molar refractivity (Wildman–Crippen MR) is 117 cm³/mol. The molecule has 1 aliphatic heterocycles. The maximum absolute atomic E-state index is 13.4. The number of likely N-dealkylation sites (tertiary alicyclic amines) is 1. The third-order valence-corrected chi connectivity index (χ3v) is 7.02. The minimum atomic E-state index is -4.09. The molecule has 0 unspecified atom stereocenters. The minimum absolute atomic E-state index is 0.136. The number of hydrogen-bond donors (Lipinski definition) is 1. The quantitative estimate of drug-likeness (QED) is 0.610. The molecule has 1 aromatic carbocycles. The first kappa shape index (κ1) is 23.1. The van der Waals surface area contributed by atoms with Crippen molar-refractivity contribution in [3.8, 4) is 17.0 Å². The van der Waals surface area contributed by atoms with Crippen molar-refractivity contribution in [1.82, 2.24) is 9.88 Å². The SMILES string of the molecule is OCCc1ccc(-c2ccc(OCC3CCN(CC4(C(F)(F)F)CCC4)CC3)cn2)cc1. The molecular weight excluding hydrogens is 417 g/mol. The van der Waals surface area contributed by atoms with E-state index >= 15 is 0 Å². The van der Waals surface area contributed by atoms with Gasteiger partial charge in [-0.05, 0) is 68.8 Å². The Morgan fingerprint density at radius 1 is 1.06 bits per heavy atom. The maximum atomic E-state index is 13.4. The zero-order chi connectivity index (χ0) is 22.6. The number of aliphatic hydroxyl groups excluding tert-OH is 1. The summed E-state index contributed by atoms with van der Waals surface area (Å²) in [5.41, 5.74) is 1.48. The molecule has 0 bridgehead atoms. The smallest absolute Gasteiger partial charge is 0.395 e. The van der Waals surface area contributed by atoms with Crippen LogP contribution in [0.1, 0.15) is 37.7 Å². The highest BCUT2D eigenvalue weighted by molar-refractivity contribution is 5.59. The number of hydrogen-bond acceptors (Lipinski definition) is 4. The predicted octanol–water partition coefficient (Wildman–Crippen LogP) is 5.11. The monoisotopic (exact) mass is 448 g/mol. The standard InChI is InChI=1S/C25H31F3N2O2/c26-25(27,28)24(11-1-12-24)18-30-13-8-20(9-14-30)17-32-22-6-7-23(29-16-22)21-4-2-19(3-5-21)10-15-31/h2-7,16,20,31H,1,8-15,17-18H2. The van der Waals surface area contributed by atoms with E-state index in [1.165, 1.54) is 0 Å². The van der Waals surface area contributed by atoms with E-state index in [0.717, 1.165) is 29.7 Å². The molecule has 0 radical (unpaired) electrons. The number of nitrogens with zero attached hydrogens (tertiary/aromatic N) is 2. The summed E-state index contributed by atoms with van der Waals surface area (Å²) < 4.78 is 46.2. The molecule has 2 fully saturated rings. The Labute approximate surface area is 187 Å². The number of rotatable bonds is 8. The molecule has 0 spiro atoms. The van der Waals surface area contributed by atoms with E-state index in [0.29, 0.717) is 44.2 Å². The molecule has 2 aromatic rings. The third kappa shape index (κ3) is 5.26. The summed E-state index contributed by atoms with van der Waals surface area (Å²) in [5, 5.41) is 9.01. The molecule has 2 heterocycles. The first-order valence-corrected chi connectivity index (χ1v) is 11.5. The zero-order valence-corrected chi connectivity index (χ0v) is 18.3. The summed E-state index contributed by atoms with van der Waals surface area (Å²) in [6.45, 7) is 2.26. The normalized spacial score (nSPS) is 19.5. The number of benzene rings is 1. The van der Waals surface area contributed by atoms with E-state index < -0.39 is 11.6 Å². The van der Waals surface area contributed by atoms with Crippen LogP contribution in [0.25, 0.3) is 11.3 Å². The van der Waals surface area contributed by atoms with Crippen molar-refractivity contribution in [2.75, 3.05) is 32.8 Å². The summed E-state index contributed by atoms with van der Waals surface area (Å²) in [6, 6.07) is 11.8. The Balaban J connectivity index is 1.23. The largest absolute Gasteiger partial charge is 0.492 e. The van der Waals surface area contributed by atoms with Crippen molar-refractivity contribution in [1.29, 1.82) is 0 Å². The lowest BCUT2D eigenvalue weighted by Gasteiger charge is -2.47. The molecule has 0 amide bonds. The molecule has 32 heavy (non-hydrogen) atoms. The lowest BCUT2D eigenvalue weighted by Crippen LogP contribution is -2.53. The van der Waals surface area contributed by atoms with Crippen molar-refractivity contribution in [2.24, 2.45) is 11.3 Å². The van der Waals surface area contributed by atoms with Gasteiger partial charge in [0.25, 0.3) is 0 Å². The molecule has 1 aliphatic carbocycles. The first-order chi connectivity index (χ1) is 15.4. The zero-order valence-electron chi connectivity index (χ0n) is 18.3. The van der Waals surface area contributed by atoms with Gasteiger partial charge in [0.15, 0.2) is 0 Å². The van der Waals surface area contributed by atoms with E-state index in [4.69, 9.17) is 9.84 Å². The van der Waals surface area contributed by atoms with Crippen molar-refractivity contribution in [3.63, 3.8) is 0 Å². The molecule has 2 aliphatic rings. The van der Waals surface area contributed by atoms with Crippen molar-refractivity contribution >= 4 is 0 Å². The van der Waals surface area contributed by atoms with Gasteiger partial charge in [0, 0.05) is 18.7 Å². The number of alkyl halides is 3. The van der Waals surface area contributed by atoms with Gasteiger partial charge >= 0.3 is 6.18 Å². The number of pyridine rings is 1. The highest BCUT2D eigenvalue weighted by Crippen LogP contribution is 2.53. The lowest BCUT2D eigenvalue weighted by atomic mass is 9.67. The van der Waals surface area contributed by atoms with Crippen LogP contribution in [0.4, 0.5) is 13.2 Å². The van der Waals surface area contributed by atoms with Crippen LogP contribution in [0.5, 0.6) is 5.75 Å². The second-order valence-corrected chi connectivity index (χ2v) is 9.21. The Kier molecular flexibility index (Phi) is 7.05. The van der Waals surface area contributed by atoms with Gasteiger partial charge in [0.05, 0.1) is 23.9 Å². The van der Waals surface area contributed by atoms with Crippen LogP contribution in [0.2, 0.25) is 0 Å². The molecule has 174 valence electrons. The van der Waals surface area contributed by atoms with Crippen LogP contribution < -0.4 is 4.74 Å². The molecule has 4 rings (SSSR count). The summed E-state index contributed by atoms with van der Waals surface area (Å²) >= 11 is 0. The highest BCUT2D eigenvalue weighted by Gasteiger charge is 2.58. The molecule has 7 heteroatoms. The molecule has 0 atom stereocenters. The second-order valence-electron chi connectivity index (χ2n) is 9.21. The average Bonchev–Trinajstić information content (AvgIpc) is 2.76. The van der Waals surface area contributed by atoms with Gasteiger partial charge in [0.2, 0.25) is 0 Å². The van der Waals surface area contributed by atoms with Crippen molar-refractivity contribution < 1.29 is 23.0 Å². The van der Waals surface area contributed by atoms with Crippen LogP contribution in [0, 0.1) is 11.3 Å². The van der Waals surface area contributed by atoms with E-state index in [2.05, 4.69) is 4.98 Å². The van der Waals surface area contributed by atoms with Crippen molar-refractivity contribution in [3.05, 3.63) is 48.2 Å². The van der Waals surface area contributed by atoms with Gasteiger partial charge in [-0.3, -0.25) is 4.98 Å². The summed E-state index contributed by atoms with van der Waals surface area (Å²) in [7, 11) is 0. The van der Waals surface area contributed by atoms with Crippen LogP contribution in [-0.4, -0.2) is 54.0 Å². The first-order valence-electron chi connectivity index (χ1n) is 11.5. The van der Waals surface area contributed by atoms with Crippen LogP contribution in [0.15, 0.2) is 42.6 Å². The number of aliphatic hydroxyl groups is 1. The number of piperidine rings is 1. The lowest BCUT2D eigenvalue weighted by molar-refractivity contribution is -0.256. The topological polar surface area (TPSA) is 45.6 Å². The molecule has 1 saturated carbocycles. The number of halogens is 3. The van der Waals surface area contributed by atoms with Crippen LogP contribution in [-0.2, 0) is 6.42 Å². The summed E-state index contributed by atoms with van der Waals surface area (Å²) in [5.74, 6) is 1.06. The Morgan fingerprint density at radius 2 is 1.78 bits per heavy atom. The Bertz CT molecular complexity index is 856. The fraction of sp³-hybridized carbons (Fsp3) is 0.560. The maximum Gasteiger partial charge on any atom is 0.395 e. The van der Waals surface area contributed by atoms with E-state index in [-0.39, 0.29) is 26.0 Å². The fourth-order valence-electron chi connectivity index (χ4n) is 4.70. The van der Waals surface area contributed by atoms with E-state index in [9.17, 15) is 13.2 Å². The Morgan fingerprint density at radius 3 is 2.31 bits per heavy atom. The number of ether oxygens (including phenoxy) is 1. The van der Waals surface area contributed by atoms with Gasteiger partial charge in [-0.1, -0.05) is 30.7 Å². The third-order valence-electron chi connectivity index (χ3n) is 7.02. The van der Waals surface area contributed by atoms with Crippen molar-refractivity contribution in [2.45, 2.75) is 44.7 Å². The van der Waals surface area contributed by atoms with Gasteiger partial charge in [-0.25, -0.2) is 0 Å². The summed E-state index contributed by atoms with van der Waals surface area (Å²) in [4.78, 5) is 6.48. The summed E-state index contributed by atoms with van der Waals surface area (Å²) in [6.07, 6.45) is 1.22. The molecule has 1 aromatic heterocycles. The van der Waals surface area contributed by atoms with E-state index in [1.54, 1.807) is 6.20 Å². The molecule has 1 N–H and O–H groups in total. The Hall–Kier alpha value is -2.12. The minimum Gasteiger partial charge on any atom is -0.492 e. The average molecular weight is 449 g/mol. The molecule has 1 saturated heterocycles. The van der Waals surface area contributed by atoms with Gasteiger partial charge < -0.3 is 14.7 Å². The van der Waals surface area contributed by atoms with E-state index in [1.807, 2.05) is 41.3 Å². The molecular formula is C25H31F3N2O2. The van der Waals surface area contributed by atoms with Crippen LogP contribution >= 0.6 is 0 Å². The fourth-order valence-corrected chi connectivity index (χ4v) is 4.70. The van der Waals surface area contributed by atoms with Gasteiger partial charge in [-0.2, -0.15) is 13.2 Å². The molecule has 4 nitrogen and oxygen atoms in total. The van der Waals surface area contributed by atoms with Crippen LogP contribution in [0.3, 0.4) is 0 Å². The second kappa shape index (κ2) is 9.79.